The lowest BCUT2D eigenvalue weighted by molar-refractivity contribution is -0.134. The molecule has 3 aromatic carbocycles. The molecule has 1 saturated heterocycles. The number of piperidine rings is 1. The fourth-order valence-electron chi connectivity index (χ4n) is 6.66. The van der Waals surface area contributed by atoms with Crippen molar-refractivity contribution in [1.82, 2.24) is 4.90 Å². The summed E-state index contributed by atoms with van der Waals surface area (Å²) < 4.78 is 44.8. The number of carboxylic acid groups (broad SMARTS) is 2. The molecule has 0 aromatic heterocycles. The number of benzene rings is 3. The van der Waals surface area contributed by atoms with Gasteiger partial charge in [0.2, 0.25) is 0 Å². The summed E-state index contributed by atoms with van der Waals surface area (Å²) in [6.45, 7) is 6.03. The van der Waals surface area contributed by atoms with Crippen molar-refractivity contribution >= 4 is 11.9 Å². The fourth-order valence-corrected chi connectivity index (χ4v) is 6.66. The van der Waals surface area contributed by atoms with Crippen LogP contribution in [0, 0.1) is 17.6 Å². The van der Waals surface area contributed by atoms with Crippen molar-refractivity contribution in [2.45, 2.75) is 50.5 Å². The number of likely N-dealkylation sites (tertiary alicyclic amines) is 1. The second kappa shape index (κ2) is 16.5. The van der Waals surface area contributed by atoms with E-state index in [1.807, 2.05) is 24.3 Å². The number of carbonyl (C=O) groups is 2. The van der Waals surface area contributed by atoms with Gasteiger partial charge in [-0.25, -0.2) is 18.4 Å². The van der Waals surface area contributed by atoms with Gasteiger partial charge in [0.25, 0.3) is 0 Å². The lowest BCUT2D eigenvalue weighted by Crippen LogP contribution is -2.45. The zero-order valence-electron chi connectivity index (χ0n) is 27.1. The van der Waals surface area contributed by atoms with Gasteiger partial charge in [0.1, 0.15) is 11.6 Å². The quantitative estimate of drug-likeness (QED) is 0.218. The van der Waals surface area contributed by atoms with Gasteiger partial charge in [-0.15, -0.1) is 0 Å². The first-order valence-corrected chi connectivity index (χ1v) is 15.8. The highest BCUT2D eigenvalue weighted by molar-refractivity contribution is 5.89. The normalized spacial score (nSPS) is 18.3. The van der Waals surface area contributed by atoms with Crippen LogP contribution in [-0.2, 0) is 26.3 Å². The first-order valence-electron chi connectivity index (χ1n) is 15.8. The minimum absolute atomic E-state index is 0.113. The SMILES string of the molecule is COc1cc2c(cc1OC)C(C)(C1CCN(CCCC(c3ccc(F)cc3)c3ccc(F)cc3)CC1)OCC2.O=C(O)C=CC(=O)O. The summed E-state index contributed by atoms with van der Waals surface area (Å²) in [5.41, 5.74) is 4.31. The number of carboxylic acids is 2. The van der Waals surface area contributed by atoms with Crippen molar-refractivity contribution in [2.75, 3.05) is 40.5 Å². The summed E-state index contributed by atoms with van der Waals surface area (Å²) in [4.78, 5) is 21.7. The van der Waals surface area contributed by atoms with E-state index in [0.29, 0.717) is 24.7 Å². The van der Waals surface area contributed by atoms with Gasteiger partial charge in [0, 0.05) is 18.1 Å². The third-order valence-electron chi connectivity index (χ3n) is 9.16. The molecule has 8 nitrogen and oxygen atoms in total. The minimum Gasteiger partial charge on any atom is -0.493 e. The number of ether oxygens (including phenoxy) is 3. The summed E-state index contributed by atoms with van der Waals surface area (Å²) in [5, 5.41) is 15.6. The maximum absolute atomic E-state index is 13.6. The molecule has 5 rings (SSSR count). The Balaban J connectivity index is 0.000000555. The van der Waals surface area contributed by atoms with Gasteiger partial charge in [-0.3, -0.25) is 0 Å². The highest BCUT2D eigenvalue weighted by atomic mass is 19.1. The number of hydrogen-bond acceptors (Lipinski definition) is 6. The predicted molar refractivity (Wildman–Crippen MR) is 174 cm³/mol. The number of fused-ring (bicyclic) bond motifs is 1. The second-order valence-electron chi connectivity index (χ2n) is 12.0. The number of nitrogens with zero attached hydrogens (tertiary/aromatic N) is 1. The predicted octanol–water partition coefficient (Wildman–Crippen LogP) is 6.81. The van der Waals surface area contributed by atoms with Gasteiger partial charge in [0.15, 0.2) is 11.5 Å². The van der Waals surface area contributed by atoms with Crippen LogP contribution in [0.25, 0.3) is 0 Å². The second-order valence-corrected chi connectivity index (χ2v) is 12.0. The minimum atomic E-state index is -1.26. The Morgan fingerprint density at radius 3 is 1.91 bits per heavy atom. The average Bonchev–Trinajstić information content (AvgIpc) is 3.07. The molecule has 0 spiro atoms. The Morgan fingerprint density at radius 1 is 0.915 bits per heavy atom. The molecule has 0 aliphatic carbocycles. The van der Waals surface area contributed by atoms with Gasteiger partial charge in [-0.05, 0) is 123 Å². The van der Waals surface area contributed by atoms with E-state index in [1.165, 1.54) is 35.4 Å². The topological polar surface area (TPSA) is 106 Å². The number of rotatable bonds is 11. The molecule has 3 aromatic rings. The molecule has 2 heterocycles. The maximum Gasteiger partial charge on any atom is 0.328 e. The highest BCUT2D eigenvalue weighted by Gasteiger charge is 2.42. The molecule has 252 valence electrons. The molecule has 0 radical (unpaired) electrons. The fraction of sp³-hybridized carbons (Fsp3) is 0.405. The van der Waals surface area contributed by atoms with Crippen molar-refractivity contribution in [2.24, 2.45) is 5.92 Å². The molecule has 2 aliphatic heterocycles. The maximum atomic E-state index is 13.6. The van der Waals surface area contributed by atoms with Crippen LogP contribution in [-0.4, -0.2) is 67.5 Å². The van der Waals surface area contributed by atoms with Crippen molar-refractivity contribution in [1.29, 1.82) is 0 Å². The van der Waals surface area contributed by atoms with Gasteiger partial charge < -0.3 is 29.3 Å². The molecule has 1 unspecified atom stereocenters. The van der Waals surface area contributed by atoms with Crippen LogP contribution in [0.5, 0.6) is 11.5 Å². The number of hydrogen-bond donors (Lipinski definition) is 2. The van der Waals surface area contributed by atoms with Crippen molar-refractivity contribution in [3.05, 3.63) is 107 Å². The first kappa shape index (κ1) is 35.6. The van der Waals surface area contributed by atoms with Crippen LogP contribution in [0.1, 0.15) is 60.8 Å². The summed E-state index contributed by atoms with van der Waals surface area (Å²) in [6.07, 6.45) is 6.08. The van der Waals surface area contributed by atoms with Crippen molar-refractivity contribution in [3.8, 4) is 11.5 Å². The summed E-state index contributed by atoms with van der Waals surface area (Å²) in [6, 6.07) is 17.7. The molecule has 0 saturated carbocycles. The number of methoxy groups -OCH3 is 2. The molecule has 0 amide bonds. The first-order chi connectivity index (χ1) is 22.5. The van der Waals surface area contributed by atoms with Gasteiger partial charge in [0.05, 0.1) is 26.4 Å². The molecule has 1 atom stereocenters. The van der Waals surface area contributed by atoms with Crippen LogP contribution in [0.15, 0.2) is 72.8 Å². The summed E-state index contributed by atoms with van der Waals surface area (Å²) in [5.74, 6) is -0.929. The Morgan fingerprint density at radius 2 is 1.43 bits per heavy atom. The molecule has 0 bridgehead atoms. The van der Waals surface area contributed by atoms with Crippen LogP contribution < -0.4 is 9.47 Å². The van der Waals surface area contributed by atoms with E-state index in [9.17, 15) is 18.4 Å². The van der Waals surface area contributed by atoms with Crippen molar-refractivity contribution in [3.63, 3.8) is 0 Å². The van der Waals surface area contributed by atoms with Crippen LogP contribution in [0.4, 0.5) is 8.78 Å². The van der Waals surface area contributed by atoms with E-state index in [1.54, 1.807) is 14.2 Å². The molecule has 2 N–H and O–H groups in total. The van der Waals surface area contributed by atoms with E-state index in [0.717, 1.165) is 74.4 Å². The molecule has 10 heteroatoms. The Bertz CT molecular complexity index is 1460. The highest BCUT2D eigenvalue weighted by Crippen LogP contribution is 2.46. The lowest BCUT2D eigenvalue weighted by atomic mass is 9.74. The largest absolute Gasteiger partial charge is 0.493 e. The van der Waals surface area contributed by atoms with Gasteiger partial charge >= 0.3 is 11.9 Å². The molecule has 1 fully saturated rings. The monoisotopic (exact) mass is 651 g/mol. The van der Waals surface area contributed by atoms with E-state index < -0.39 is 11.9 Å². The van der Waals surface area contributed by atoms with E-state index in [2.05, 4.69) is 24.0 Å². The van der Waals surface area contributed by atoms with Gasteiger partial charge in [-0.2, -0.15) is 0 Å². The summed E-state index contributed by atoms with van der Waals surface area (Å²) in [7, 11) is 3.36. The number of aliphatic carboxylic acids is 2. The third kappa shape index (κ3) is 9.39. The lowest BCUT2D eigenvalue weighted by Gasteiger charge is -2.46. The molecular weight excluding hydrogens is 608 g/mol. The zero-order chi connectivity index (χ0) is 34.0. The third-order valence-corrected chi connectivity index (χ3v) is 9.16. The Kier molecular flexibility index (Phi) is 12.5. The molecule has 2 aliphatic rings. The van der Waals surface area contributed by atoms with Crippen molar-refractivity contribution < 1.29 is 42.8 Å². The van der Waals surface area contributed by atoms with E-state index >= 15 is 0 Å². The Hall–Kier alpha value is -4.28. The summed E-state index contributed by atoms with van der Waals surface area (Å²) >= 11 is 0. The van der Waals surface area contributed by atoms with Gasteiger partial charge in [-0.1, -0.05) is 24.3 Å². The number of halogens is 2. The Labute approximate surface area is 274 Å². The van der Waals surface area contributed by atoms with Crippen LogP contribution >= 0.6 is 0 Å². The average molecular weight is 652 g/mol. The molecule has 47 heavy (non-hydrogen) atoms. The van der Waals surface area contributed by atoms with Crippen LogP contribution in [0.3, 0.4) is 0 Å². The van der Waals surface area contributed by atoms with E-state index in [-0.39, 0.29) is 23.2 Å². The standard InChI is InChI=1S/C33H39F2NO3.C4H4O4/c1-33(30-22-32(38-3)31(37-2)21-25(30)16-20-39-33)26-14-18-36(19-15-26)17-4-5-29(23-6-10-27(34)11-7-23)24-8-12-28(35)13-9-24;5-3(6)1-2-4(7)8/h6-13,21-22,26,29H,4-5,14-20H2,1-3H3;1-2H,(H,5,6)(H,7,8). The van der Waals surface area contributed by atoms with Crippen LogP contribution in [0.2, 0.25) is 0 Å². The molecular formula is C37H43F2NO7. The smallest absolute Gasteiger partial charge is 0.328 e. The van der Waals surface area contributed by atoms with E-state index in [4.69, 9.17) is 24.4 Å². The zero-order valence-corrected chi connectivity index (χ0v) is 27.1.